The maximum absolute atomic E-state index is 11.2. The highest BCUT2D eigenvalue weighted by atomic mass is 16.5. The molecule has 1 amide bonds. The number of ether oxygens (including phenoxy) is 1. The number of carbonyl (C=O) groups is 1. The maximum Gasteiger partial charge on any atom is 0.238 e. The molecule has 1 aliphatic rings. The number of hydrogen-bond acceptors (Lipinski definition) is 3. The van der Waals surface area contributed by atoms with Crippen molar-refractivity contribution in [2.75, 3.05) is 6.61 Å². The second kappa shape index (κ2) is 4.07. The van der Waals surface area contributed by atoms with Gasteiger partial charge < -0.3 is 4.74 Å². The van der Waals surface area contributed by atoms with Crippen LogP contribution in [0.15, 0.2) is 0 Å². The lowest BCUT2D eigenvalue weighted by Gasteiger charge is -2.13. The van der Waals surface area contributed by atoms with Crippen LogP contribution in [0.4, 0.5) is 0 Å². The van der Waals surface area contributed by atoms with Crippen molar-refractivity contribution in [3.8, 4) is 6.19 Å². The summed E-state index contributed by atoms with van der Waals surface area (Å²) in [7, 11) is 0. The monoisotopic (exact) mass is 168 g/mol. The summed E-state index contributed by atoms with van der Waals surface area (Å²) in [6.45, 7) is 2.60. The molecule has 0 aliphatic carbocycles. The summed E-state index contributed by atoms with van der Waals surface area (Å²) in [5.41, 5.74) is 0. The zero-order valence-corrected chi connectivity index (χ0v) is 7.04. The lowest BCUT2D eigenvalue weighted by atomic mass is 9.99. The molecule has 1 rings (SSSR count). The lowest BCUT2D eigenvalue weighted by Crippen LogP contribution is -2.32. The normalized spacial score (nSPS) is 28.0. The first-order chi connectivity index (χ1) is 5.79. The molecule has 2 unspecified atom stereocenters. The van der Waals surface area contributed by atoms with Crippen molar-refractivity contribution < 1.29 is 9.53 Å². The second-order valence-electron chi connectivity index (χ2n) is 2.81. The van der Waals surface area contributed by atoms with E-state index in [4.69, 9.17) is 10.00 Å². The molecule has 66 valence electrons. The molecule has 0 saturated carbocycles. The minimum absolute atomic E-state index is 0.00153. The highest BCUT2D eigenvalue weighted by molar-refractivity contribution is 5.80. The van der Waals surface area contributed by atoms with E-state index in [0.29, 0.717) is 6.61 Å². The molecule has 12 heavy (non-hydrogen) atoms. The third-order valence-corrected chi connectivity index (χ3v) is 2.13. The van der Waals surface area contributed by atoms with Gasteiger partial charge in [-0.25, -0.2) is 0 Å². The van der Waals surface area contributed by atoms with Gasteiger partial charge in [0.1, 0.15) is 0 Å². The average Bonchev–Trinajstić information content (AvgIpc) is 2.51. The van der Waals surface area contributed by atoms with Crippen molar-refractivity contribution in [3.05, 3.63) is 0 Å². The Bertz CT molecular complexity index is 210. The van der Waals surface area contributed by atoms with Crippen LogP contribution in [-0.2, 0) is 9.53 Å². The molecule has 0 aromatic heterocycles. The van der Waals surface area contributed by atoms with Gasteiger partial charge in [0, 0.05) is 6.61 Å². The van der Waals surface area contributed by atoms with E-state index in [2.05, 4.69) is 5.32 Å². The minimum atomic E-state index is -0.207. The number of nitriles is 1. The van der Waals surface area contributed by atoms with Crippen LogP contribution in [0.3, 0.4) is 0 Å². The van der Waals surface area contributed by atoms with Gasteiger partial charge >= 0.3 is 0 Å². The highest BCUT2D eigenvalue weighted by Gasteiger charge is 2.32. The van der Waals surface area contributed by atoms with Gasteiger partial charge in [-0.2, -0.15) is 5.26 Å². The van der Waals surface area contributed by atoms with Crippen LogP contribution in [0.5, 0.6) is 0 Å². The predicted octanol–water partition coefficient (Wildman–Crippen LogP) is 0.399. The molecule has 0 bridgehead atoms. The fraction of sp³-hybridized carbons (Fsp3) is 0.750. The first kappa shape index (κ1) is 9.01. The predicted molar refractivity (Wildman–Crippen MR) is 41.9 cm³/mol. The van der Waals surface area contributed by atoms with E-state index >= 15 is 0 Å². The summed E-state index contributed by atoms with van der Waals surface area (Å²) < 4.78 is 5.31. The van der Waals surface area contributed by atoms with Gasteiger partial charge in [-0.15, -0.1) is 0 Å². The molecular weight excluding hydrogens is 156 g/mol. The Kier molecular flexibility index (Phi) is 3.06. The third-order valence-electron chi connectivity index (χ3n) is 2.13. The Morgan fingerprint density at radius 2 is 2.58 bits per heavy atom. The number of carbonyl (C=O) groups excluding carboxylic acids is 1. The van der Waals surface area contributed by atoms with Crippen molar-refractivity contribution in [2.24, 2.45) is 5.92 Å². The molecule has 0 aromatic carbocycles. The van der Waals surface area contributed by atoms with E-state index in [1.54, 1.807) is 6.19 Å². The Balaban J connectivity index is 2.50. The number of nitrogens with zero attached hydrogens (tertiary/aromatic N) is 1. The molecule has 1 saturated heterocycles. The zero-order valence-electron chi connectivity index (χ0n) is 7.04. The summed E-state index contributed by atoms with van der Waals surface area (Å²) in [6.07, 6.45) is 3.18. The zero-order chi connectivity index (χ0) is 8.97. The molecule has 4 nitrogen and oxygen atoms in total. The van der Waals surface area contributed by atoms with Crippen molar-refractivity contribution in [1.82, 2.24) is 5.32 Å². The smallest absolute Gasteiger partial charge is 0.238 e. The van der Waals surface area contributed by atoms with Gasteiger partial charge in [0.15, 0.2) is 6.19 Å². The van der Waals surface area contributed by atoms with E-state index < -0.39 is 0 Å². The van der Waals surface area contributed by atoms with E-state index in [1.807, 2.05) is 6.92 Å². The highest BCUT2D eigenvalue weighted by Crippen LogP contribution is 2.23. The van der Waals surface area contributed by atoms with Crippen LogP contribution in [0.25, 0.3) is 0 Å². The van der Waals surface area contributed by atoms with Crippen molar-refractivity contribution in [3.63, 3.8) is 0 Å². The Hall–Kier alpha value is -1.08. The second-order valence-corrected chi connectivity index (χ2v) is 2.81. The maximum atomic E-state index is 11.2. The Morgan fingerprint density at radius 1 is 1.83 bits per heavy atom. The molecule has 0 radical (unpaired) electrons. The summed E-state index contributed by atoms with van der Waals surface area (Å²) >= 11 is 0. The Labute approximate surface area is 71.5 Å². The van der Waals surface area contributed by atoms with Crippen LogP contribution < -0.4 is 5.32 Å². The van der Waals surface area contributed by atoms with Gasteiger partial charge in [0.05, 0.1) is 12.0 Å². The van der Waals surface area contributed by atoms with Crippen LogP contribution in [0.2, 0.25) is 0 Å². The van der Waals surface area contributed by atoms with E-state index in [0.717, 1.165) is 12.8 Å². The van der Waals surface area contributed by atoms with Crippen LogP contribution in [-0.4, -0.2) is 18.6 Å². The third kappa shape index (κ3) is 1.74. The summed E-state index contributed by atoms with van der Waals surface area (Å²) in [6, 6.07) is 0. The van der Waals surface area contributed by atoms with E-state index in [9.17, 15) is 4.79 Å². The average molecular weight is 168 g/mol. The van der Waals surface area contributed by atoms with E-state index in [-0.39, 0.29) is 17.9 Å². The molecule has 4 heteroatoms. The molecule has 0 aromatic rings. The standard InChI is InChI=1S/C8H12N2O2/c1-2-7-6(3-4-12-7)8(11)10-5-9/h6-7H,2-4H2,1H3,(H,10,11). The summed E-state index contributed by atoms with van der Waals surface area (Å²) in [4.78, 5) is 11.2. The fourth-order valence-corrected chi connectivity index (χ4v) is 1.50. The van der Waals surface area contributed by atoms with Crippen molar-refractivity contribution in [1.29, 1.82) is 5.26 Å². The number of rotatable bonds is 2. The van der Waals surface area contributed by atoms with Crippen molar-refractivity contribution >= 4 is 5.91 Å². The summed E-state index contributed by atoms with van der Waals surface area (Å²) in [5.74, 6) is -0.337. The quantitative estimate of drug-likeness (QED) is 0.479. The number of nitrogens with one attached hydrogen (secondary N) is 1. The van der Waals surface area contributed by atoms with Gasteiger partial charge in [-0.05, 0) is 12.8 Å². The molecule has 0 spiro atoms. The largest absolute Gasteiger partial charge is 0.377 e. The Morgan fingerprint density at radius 3 is 3.17 bits per heavy atom. The van der Waals surface area contributed by atoms with Crippen molar-refractivity contribution in [2.45, 2.75) is 25.9 Å². The molecule has 1 heterocycles. The van der Waals surface area contributed by atoms with Gasteiger partial charge in [-0.3, -0.25) is 10.1 Å². The SMILES string of the molecule is CCC1OCCC1C(=O)NC#N. The van der Waals surface area contributed by atoms with Crippen LogP contribution >= 0.6 is 0 Å². The van der Waals surface area contributed by atoms with Crippen LogP contribution in [0, 0.1) is 17.4 Å². The first-order valence-electron chi connectivity index (χ1n) is 4.10. The van der Waals surface area contributed by atoms with Crippen LogP contribution in [0.1, 0.15) is 19.8 Å². The number of amides is 1. The van der Waals surface area contributed by atoms with E-state index in [1.165, 1.54) is 0 Å². The minimum Gasteiger partial charge on any atom is -0.377 e. The van der Waals surface area contributed by atoms with Gasteiger partial charge in [-0.1, -0.05) is 6.92 Å². The number of hydrogen-bond donors (Lipinski definition) is 1. The summed E-state index contributed by atoms with van der Waals surface area (Å²) in [5, 5.41) is 10.4. The van der Waals surface area contributed by atoms with Gasteiger partial charge in [0.25, 0.3) is 0 Å². The molecule has 2 atom stereocenters. The molecule has 1 aliphatic heterocycles. The fourth-order valence-electron chi connectivity index (χ4n) is 1.50. The van der Waals surface area contributed by atoms with Gasteiger partial charge in [0.2, 0.25) is 5.91 Å². The topological polar surface area (TPSA) is 62.1 Å². The molecule has 1 fully saturated rings. The lowest BCUT2D eigenvalue weighted by molar-refractivity contribution is -0.125. The molecule has 1 N–H and O–H groups in total. The molecular formula is C8H12N2O2. The first-order valence-corrected chi connectivity index (χ1v) is 4.10.